The molecule has 0 heterocycles. The van der Waals surface area contributed by atoms with Crippen LogP contribution < -0.4 is 17.2 Å². The SMILES string of the molecule is [CH2]C(CCN)(CCN)CCN. The topological polar surface area (TPSA) is 78.1 Å². The molecule has 0 aromatic carbocycles. The summed E-state index contributed by atoms with van der Waals surface area (Å²) in [5, 5.41) is 0. The molecule has 0 unspecified atom stereocenters. The highest BCUT2D eigenvalue weighted by molar-refractivity contribution is 4.82. The molecule has 1 radical (unpaired) electrons. The fourth-order valence-corrected chi connectivity index (χ4v) is 1.29. The highest BCUT2D eigenvalue weighted by Gasteiger charge is 2.21. The van der Waals surface area contributed by atoms with Crippen LogP contribution in [0, 0.1) is 12.3 Å². The van der Waals surface area contributed by atoms with Crippen molar-refractivity contribution in [2.75, 3.05) is 19.6 Å². The van der Waals surface area contributed by atoms with E-state index < -0.39 is 0 Å². The van der Waals surface area contributed by atoms with Gasteiger partial charge in [-0.3, -0.25) is 0 Å². The second-order valence-corrected chi connectivity index (χ2v) is 3.12. The third-order valence-electron chi connectivity index (χ3n) is 2.02. The lowest BCUT2D eigenvalue weighted by Gasteiger charge is -2.27. The second kappa shape index (κ2) is 5.52. The normalized spacial score (nSPS) is 12.0. The highest BCUT2D eigenvalue weighted by atomic mass is 14.6. The van der Waals surface area contributed by atoms with E-state index in [4.69, 9.17) is 17.2 Å². The Morgan fingerprint density at radius 3 is 1.27 bits per heavy atom. The first kappa shape index (κ1) is 10.9. The predicted molar refractivity (Wildman–Crippen MR) is 48.8 cm³/mol. The number of rotatable bonds is 6. The van der Waals surface area contributed by atoms with Gasteiger partial charge in [-0.05, 0) is 51.2 Å². The summed E-state index contributed by atoms with van der Waals surface area (Å²) in [7, 11) is 0. The Kier molecular flexibility index (Phi) is 5.46. The van der Waals surface area contributed by atoms with Gasteiger partial charge in [0.1, 0.15) is 0 Å². The fraction of sp³-hybridized carbons (Fsp3) is 0.875. The van der Waals surface area contributed by atoms with Crippen LogP contribution in [0.5, 0.6) is 0 Å². The molecule has 0 saturated heterocycles. The van der Waals surface area contributed by atoms with E-state index in [1.54, 1.807) is 0 Å². The Hall–Kier alpha value is -0.120. The minimum absolute atomic E-state index is 0.0260. The van der Waals surface area contributed by atoms with E-state index in [9.17, 15) is 0 Å². The highest BCUT2D eigenvalue weighted by Crippen LogP contribution is 2.27. The van der Waals surface area contributed by atoms with Crippen molar-refractivity contribution < 1.29 is 0 Å². The van der Waals surface area contributed by atoms with Crippen molar-refractivity contribution in [2.45, 2.75) is 19.3 Å². The first-order valence-corrected chi connectivity index (χ1v) is 4.14. The Morgan fingerprint density at radius 2 is 1.09 bits per heavy atom. The molecular formula is C8H20N3. The van der Waals surface area contributed by atoms with Gasteiger partial charge >= 0.3 is 0 Å². The maximum absolute atomic E-state index is 5.45. The molecule has 0 amide bonds. The van der Waals surface area contributed by atoms with Gasteiger partial charge in [0.05, 0.1) is 0 Å². The van der Waals surface area contributed by atoms with Crippen molar-refractivity contribution in [1.82, 2.24) is 0 Å². The van der Waals surface area contributed by atoms with Crippen LogP contribution in [0.3, 0.4) is 0 Å². The third kappa shape index (κ3) is 4.35. The van der Waals surface area contributed by atoms with E-state index >= 15 is 0 Å². The van der Waals surface area contributed by atoms with Crippen LogP contribution in [0.4, 0.5) is 0 Å². The fourth-order valence-electron chi connectivity index (χ4n) is 1.29. The zero-order chi connectivity index (χ0) is 8.74. The third-order valence-corrected chi connectivity index (χ3v) is 2.02. The maximum Gasteiger partial charge on any atom is -0.00720 e. The van der Waals surface area contributed by atoms with Gasteiger partial charge in [-0.25, -0.2) is 0 Å². The number of nitrogens with two attached hydrogens (primary N) is 3. The molecule has 0 aromatic heterocycles. The molecule has 0 aliphatic carbocycles. The molecule has 0 aliphatic rings. The van der Waals surface area contributed by atoms with Crippen molar-refractivity contribution in [2.24, 2.45) is 22.6 Å². The Balaban J connectivity index is 3.79. The van der Waals surface area contributed by atoms with Gasteiger partial charge < -0.3 is 17.2 Å². The van der Waals surface area contributed by atoms with Crippen LogP contribution in [0.15, 0.2) is 0 Å². The minimum atomic E-state index is 0.0260. The summed E-state index contributed by atoms with van der Waals surface area (Å²) in [5.74, 6) is 0. The second-order valence-electron chi connectivity index (χ2n) is 3.12. The Bertz CT molecular complexity index is 76.3. The average Bonchev–Trinajstić information content (AvgIpc) is 1.88. The van der Waals surface area contributed by atoms with Crippen LogP contribution in [-0.4, -0.2) is 19.6 Å². The lowest BCUT2D eigenvalue weighted by molar-refractivity contribution is 0.308. The lowest BCUT2D eigenvalue weighted by atomic mass is 9.80. The maximum atomic E-state index is 5.45. The first-order chi connectivity index (χ1) is 5.18. The van der Waals surface area contributed by atoms with Crippen LogP contribution in [-0.2, 0) is 0 Å². The average molecular weight is 158 g/mol. The van der Waals surface area contributed by atoms with Gasteiger partial charge in [-0.15, -0.1) is 0 Å². The summed E-state index contributed by atoms with van der Waals surface area (Å²) in [6, 6.07) is 0. The van der Waals surface area contributed by atoms with E-state index in [1.807, 2.05) is 0 Å². The van der Waals surface area contributed by atoms with Gasteiger partial charge in [0.2, 0.25) is 0 Å². The molecule has 0 aromatic rings. The van der Waals surface area contributed by atoms with Gasteiger partial charge in [-0.1, -0.05) is 0 Å². The van der Waals surface area contributed by atoms with E-state index in [0.717, 1.165) is 19.3 Å². The molecule has 3 nitrogen and oxygen atoms in total. The monoisotopic (exact) mass is 158 g/mol. The summed E-state index contributed by atoms with van der Waals surface area (Å²) in [5.41, 5.74) is 16.4. The minimum Gasteiger partial charge on any atom is -0.330 e. The van der Waals surface area contributed by atoms with Gasteiger partial charge in [0, 0.05) is 0 Å². The summed E-state index contributed by atoms with van der Waals surface area (Å²) >= 11 is 0. The molecule has 0 aliphatic heterocycles. The summed E-state index contributed by atoms with van der Waals surface area (Å²) < 4.78 is 0. The molecular weight excluding hydrogens is 138 g/mol. The van der Waals surface area contributed by atoms with Gasteiger partial charge in [0.15, 0.2) is 0 Å². The quantitative estimate of drug-likeness (QED) is 0.503. The molecule has 0 bridgehead atoms. The summed E-state index contributed by atoms with van der Waals surface area (Å²) in [6.45, 7) is 6.11. The first-order valence-electron chi connectivity index (χ1n) is 4.14. The zero-order valence-corrected chi connectivity index (χ0v) is 7.18. The molecule has 3 heteroatoms. The van der Waals surface area contributed by atoms with Crippen LogP contribution >= 0.6 is 0 Å². The van der Waals surface area contributed by atoms with Gasteiger partial charge in [0.25, 0.3) is 0 Å². The Labute approximate surface area is 69.3 Å². The molecule has 0 spiro atoms. The van der Waals surface area contributed by atoms with Gasteiger partial charge in [-0.2, -0.15) is 0 Å². The van der Waals surface area contributed by atoms with Crippen LogP contribution in [0.1, 0.15) is 19.3 Å². The van der Waals surface area contributed by atoms with E-state index in [0.29, 0.717) is 19.6 Å². The van der Waals surface area contributed by atoms with Crippen LogP contribution in [0.25, 0.3) is 0 Å². The van der Waals surface area contributed by atoms with Crippen molar-refractivity contribution >= 4 is 0 Å². The molecule has 0 rings (SSSR count). The summed E-state index contributed by atoms with van der Waals surface area (Å²) in [4.78, 5) is 0. The van der Waals surface area contributed by atoms with Crippen molar-refractivity contribution in [3.63, 3.8) is 0 Å². The van der Waals surface area contributed by atoms with Crippen LogP contribution in [0.2, 0.25) is 0 Å². The molecule has 0 saturated carbocycles. The largest absolute Gasteiger partial charge is 0.330 e. The zero-order valence-electron chi connectivity index (χ0n) is 7.18. The predicted octanol–water partition coefficient (Wildman–Crippen LogP) is -0.147. The number of hydrogen-bond donors (Lipinski definition) is 3. The molecule has 0 atom stereocenters. The van der Waals surface area contributed by atoms with Crippen molar-refractivity contribution in [3.8, 4) is 0 Å². The molecule has 6 N–H and O–H groups in total. The van der Waals surface area contributed by atoms with Crippen molar-refractivity contribution in [3.05, 3.63) is 6.92 Å². The van der Waals surface area contributed by atoms with E-state index in [1.165, 1.54) is 0 Å². The van der Waals surface area contributed by atoms with Crippen molar-refractivity contribution in [1.29, 1.82) is 0 Å². The van der Waals surface area contributed by atoms with E-state index in [-0.39, 0.29) is 5.41 Å². The molecule has 0 fully saturated rings. The lowest BCUT2D eigenvalue weighted by Crippen LogP contribution is -2.27. The smallest absolute Gasteiger partial charge is 0.00720 e. The van der Waals surface area contributed by atoms with E-state index in [2.05, 4.69) is 6.92 Å². The standard InChI is InChI=1S/C8H20N3/c1-8(2-5-9,3-6-10)4-7-11/h1-7,9-11H2. The molecule has 67 valence electrons. The number of hydrogen-bond acceptors (Lipinski definition) is 3. The summed E-state index contributed by atoms with van der Waals surface area (Å²) in [6.07, 6.45) is 2.75. The molecule has 11 heavy (non-hydrogen) atoms. The Morgan fingerprint density at radius 1 is 0.818 bits per heavy atom.